The Hall–Kier alpha value is -4.68. The number of aliphatic imine (C=N–C) groups is 1. The number of terminal acetylenes is 1. The predicted octanol–water partition coefficient (Wildman–Crippen LogP) is 1.80. The van der Waals surface area contributed by atoms with Crippen molar-refractivity contribution < 1.29 is 4.74 Å². The van der Waals surface area contributed by atoms with Gasteiger partial charge in [-0.1, -0.05) is 18.1 Å². The number of hydrogen-bond donors (Lipinski definition) is 4. The van der Waals surface area contributed by atoms with Crippen LogP contribution in [0.3, 0.4) is 0 Å². The molecule has 1 aliphatic heterocycles. The number of benzene rings is 1. The van der Waals surface area contributed by atoms with Crippen LogP contribution in [0.25, 0.3) is 0 Å². The first-order valence-corrected chi connectivity index (χ1v) is 8.82. The molecule has 0 aliphatic carbocycles. The Bertz CT molecular complexity index is 1160. The largest absolute Gasteiger partial charge is 0.481 e. The number of guanidine groups is 1. The molecule has 0 spiro atoms. The van der Waals surface area contributed by atoms with Crippen molar-refractivity contribution in [3.05, 3.63) is 53.1 Å². The first-order chi connectivity index (χ1) is 14.5. The highest BCUT2D eigenvalue weighted by atomic mass is 16.5. The van der Waals surface area contributed by atoms with Crippen molar-refractivity contribution >= 4 is 23.3 Å². The van der Waals surface area contributed by atoms with Gasteiger partial charge >= 0.3 is 0 Å². The number of anilines is 3. The van der Waals surface area contributed by atoms with Gasteiger partial charge in [-0.3, -0.25) is 5.32 Å². The van der Waals surface area contributed by atoms with Crippen molar-refractivity contribution in [1.82, 2.24) is 10.3 Å². The minimum Gasteiger partial charge on any atom is -0.481 e. The van der Waals surface area contributed by atoms with Crippen molar-refractivity contribution in [1.29, 1.82) is 10.5 Å². The molecule has 2 heterocycles. The van der Waals surface area contributed by atoms with Gasteiger partial charge in [-0.2, -0.15) is 10.5 Å². The number of rotatable bonds is 5. The second kappa shape index (κ2) is 8.55. The Morgan fingerprint density at radius 1 is 1.37 bits per heavy atom. The van der Waals surface area contributed by atoms with Crippen LogP contribution in [-0.2, 0) is 6.42 Å². The van der Waals surface area contributed by atoms with Gasteiger partial charge in [0.2, 0.25) is 5.96 Å². The SMILES string of the molecule is C#CCOc1ccc(C2N=C(NC#N)Nc3nc(N)c(C#N)c(N)c32)cc1CC=C. The molecule has 2 aromatic rings. The highest BCUT2D eigenvalue weighted by molar-refractivity contribution is 5.98. The van der Waals surface area contributed by atoms with E-state index >= 15 is 0 Å². The lowest BCUT2D eigenvalue weighted by atomic mass is 9.93. The zero-order chi connectivity index (χ0) is 21.7. The molecule has 3 rings (SSSR count). The number of allylic oxidation sites excluding steroid dienone is 1. The number of pyridine rings is 1. The van der Waals surface area contributed by atoms with Gasteiger partial charge in [-0.25, -0.2) is 9.98 Å². The van der Waals surface area contributed by atoms with E-state index in [1.54, 1.807) is 12.1 Å². The average Bonchev–Trinajstić information content (AvgIpc) is 2.73. The van der Waals surface area contributed by atoms with Crippen LogP contribution in [0.1, 0.15) is 28.3 Å². The van der Waals surface area contributed by atoms with Crippen molar-refractivity contribution in [2.45, 2.75) is 12.5 Å². The van der Waals surface area contributed by atoms with Crippen LogP contribution in [0, 0.1) is 35.1 Å². The molecule has 0 saturated carbocycles. The smallest absolute Gasteiger partial charge is 0.211 e. The van der Waals surface area contributed by atoms with Crippen molar-refractivity contribution in [2.24, 2.45) is 4.99 Å². The lowest BCUT2D eigenvalue weighted by Gasteiger charge is -2.26. The van der Waals surface area contributed by atoms with E-state index in [-0.39, 0.29) is 29.6 Å². The van der Waals surface area contributed by atoms with E-state index in [4.69, 9.17) is 27.9 Å². The average molecular weight is 398 g/mol. The Labute approximate surface area is 173 Å². The zero-order valence-electron chi connectivity index (χ0n) is 15.9. The van der Waals surface area contributed by atoms with Crippen molar-refractivity contribution in [2.75, 3.05) is 23.4 Å². The number of aromatic nitrogens is 1. The highest BCUT2D eigenvalue weighted by Gasteiger charge is 2.30. The summed E-state index contributed by atoms with van der Waals surface area (Å²) in [5.74, 6) is 3.56. The van der Waals surface area contributed by atoms with Crippen LogP contribution in [0.2, 0.25) is 0 Å². The Morgan fingerprint density at radius 2 is 2.17 bits per heavy atom. The second-order valence-electron chi connectivity index (χ2n) is 6.25. The van der Waals surface area contributed by atoms with Gasteiger partial charge in [0, 0.05) is 5.56 Å². The van der Waals surface area contributed by atoms with Gasteiger partial charge in [0.1, 0.15) is 41.7 Å². The maximum Gasteiger partial charge on any atom is 0.211 e. The third kappa shape index (κ3) is 3.66. The maximum atomic E-state index is 9.42. The molecule has 1 aliphatic rings. The third-order valence-electron chi connectivity index (χ3n) is 4.43. The van der Waals surface area contributed by atoms with Crippen LogP contribution in [0.15, 0.2) is 35.8 Å². The summed E-state index contributed by atoms with van der Waals surface area (Å²) in [4.78, 5) is 8.79. The van der Waals surface area contributed by atoms with E-state index < -0.39 is 6.04 Å². The molecule has 6 N–H and O–H groups in total. The standard InChI is InChI=1S/C21H18N8O/c1-3-5-12-9-13(6-7-15(12)30-8-4-2)18-16-17(24)14(10-22)19(25)28-20(16)29-21(27-18)26-11-23/h2-3,6-7,9,18H,1,5,8H2,(H6,24,25,26,27,28,29). The van der Waals surface area contributed by atoms with Gasteiger partial charge in [0.05, 0.1) is 5.69 Å². The second-order valence-corrected chi connectivity index (χ2v) is 6.25. The molecular formula is C21H18N8O. The van der Waals surface area contributed by atoms with Crippen LogP contribution < -0.4 is 26.8 Å². The summed E-state index contributed by atoms with van der Waals surface area (Å²) in [6.07, 6.45) is 9.39. The number of ether oxygens (including phenoxy) is 1. The minimum absolute atomic E-state index is 0.0106. The molecule has 30 heavy (non-hydrogen) atoms. The number of fused-ring (bicyclic) bond motifs is 1. The number of nitrogens with zero attached hydrogens (tertiary/aromatic N) is 4. The van der Waals surface area contributed by atoms with Crippen LogP contribution in [-0.4, -0.2) is 17.6 Å². The number of hydrogen-bond acceptors (Lipinski definition) is 9. The predicted molar refractivity (Wildman–Crippen MR) is 114 cm³/mol. The van der Waals surface area contributed by atoms with Gasteiger partial charge < -0.3 is 21.5 Å². The van der Waals surface area contributed by atoms with Crippen LogP contribution >= 0.6 is 0 Å². The van der Waals surface area contributed by atoms with E-state index in [0.29, 0.717) is 23.6 Å². The van der Waals surface area contributed by atoms with Crippen molar-refractivity contribution in [3.63, 3.8) is 0 Å². The van der Waals surface area contributed by atoms with E-state index in [1.165, 1.54) is 0 Å². The number of nitriles is 2. The Balaban J connectivity index is 2.19. The number of nitrogens with one attached hydrogen (secondary N) is 2. The minimum atomic E-state index is -0.637. The van der Waals surface area contributed by atoms with Crippen LogP contribution in [0.4, 0.5) is 17.3 Å². The molecule has 9 nitrogen and oxygen atoms in total. The lowest BCUT2D eigenvalue weighted by molar-refractivity contribution is 0.367. The molecule has 1 aromatic heterocycles. The zero-order valence-corrected chi connectivity index (χ0v) is 15.9. The van der Waals surface area contributed by atoms with E-state index in [1.807, 2.05) is 24.4 Å². The molecule has 1 atom stereocenters. The molecule has 1 unspecified atom stereocenters. The molecule has 1 aromatic carbocycles. The monoisotopic (exact) mass is 398 g/mol. The Kier molecular flexibility index (Phi) is 5.72. The van der Waals surface area contributed by atoms with Gasteiger partial charge in [-0.15, -0.1) is 13.0 Å². The summed E-state index contributed by atoms with van der Waals surface area (Å²) in [6.45, 7) is 3.91. The van der Waals surface area contributed by atoms with Crippen molar-refractivity contribution in [3.8, 4) is 30.4 Å². The van der Waals surface area contributed by atoms with E-state index in [0.717, 1.165) is 11.1 Å². The number of nitrogen functional groups attached to an aromatic ring is 2. The third-order valence-corrected chi connectivity index (χ3v) is 4.43. The molecule has 148 valence electrons. The summed E-state index contributed by atoms with van der Waals surface area (Å²) in [6, 6.07) is 6.83. The molecule has 9 heteroatoms. The molecule has 0 bridgehead atoms. The topological polar surface area (TPSA) is 158 Å². The van der Waals surface area contributed by atoms with Gasteiger partial charge in [0.15, 0.2) is 6.19 Å². The first-order valence-electron chi connectivity index (χ1n) is 8.82. The Morgan fingerprint density at radius 3 is 2.83 bits per heavy atom. The lowest BCUT2D eigenvalue weighted by Crippen LogP contribution is -2.32. The molecule has 0 amide bonds. The summed E-state index contributed by atoms with van der Waals surface area (Å²) in [7, 11) is 0. The molecular weight excluding hydrogens is 380 g/mol. The molecule has 0 radical (unpaired) electrons. The molecule has 0 fully saturated rings. The summed E-state index contributed by atoms with van der Waals surface area (Å²) in [5, 5.41) is 23.8. The summed E-state index contributed by atoms with van der Waals surface area (Å²) in [5.41, 5.74) is 14.5. The van der Waals surface area contributed by atoms with Gasteiger partial charge in [0.25, 0.3) is 0 Å². The quantitative estimate of drug-likeness (QED) is 0.257. The fourth-order valence-electron chi connectivity index (χ4n) is 3.17. The van der Waals surface area contributed by atoms with E-state index in [2.05, 4.69) is 33.1 Å². The summed E-state index contributed by atoms with van der Waals surface area (Å²) < 4.78 is 5.60. The van der Waals surface area contributed by atoms with E-state index in [9.17, 15) is 5.26 Å². The maximum absolute atomic E-state index is 9.42. The highest BCUT2D eigenvalue weighted by Crippen LogP contribution is 2.41. The first kappa shape index (κ1) is 20.1. The fourth-order valence-corrected chi connectivity index (χ4v) is 3.17. The summed E-state index contributed by atoms with van der Waals surface area (Å²) >= 11 is 0. The van der Waals surface area contributed by atoms with Crippen LogP contribution in [0.5, 0.6) is 5.75 Å². The fraction of sp³-hybridized carbons (Fsp3) is 0.143. The van der Waals surface area contributed by atoms with Gasteiger partial charge in [-0.05, 0) is 29.7 Å². The number of nitrogens with two attached hydrogens (primary N) is 2. The molecule has 0 saturated heterocycles. The normalized spacial score (nSPS) is 14.0.